The van der Waals surface area contributed by atoms with E-state index in [4.69, 9.17) is 9.15 Å². The molecule has 0 amide bonds. The van der Waals surface area contributed by atoms with Gasteiger partial charge in [0.15, 0.2) is 5.78 Å². The van der Waals surface area contributed by atoms with E-state index >= 15 is 0 Å². The number of rotatable bonds is 5. The second-order valence-corrected chi connectivity index (χ2v) is 7.25. The zero-order valence-electron chi connectivity index (χ0n) is 11.8. The van der Waals surface area contributed by atoms with Crippen LogP contribution in [0.5, 0.6) is 0 Å². The molecule has 3 nitrogen and oxygen atoms in total. The van der Waals surface area contributed by atoms with E-state index in [9.17, 15) is 4.79 Å². The lowest BCUT2D eigenvalue weighted by molar-refractivity contribution is -0.149. The molecule has 4 bridgehead atoms. The van der Waals surface area contributed by atoms with Crippen LogP contribution in [0.3, 0.4) is 0 Å². The van der Waals surface area contributed by atoms with Crippen LogP contribution in [0.2, 0.25) is 0 Å². The molecule has 108 valence electrons. The van der Waals surface area contributed by atoms with Gasteiger partial charge in [-0.2, -0.15) is 0 Å². The van der Waals surface area contributed by atoms with E-state index < -0.39 is 0 Å². The van der Waals surface area contributed by atoms with Crippen molar-refractivity contribution in [2.24, 2.45) is 23.2 Å². The summed E-state index contributed by atoms with van der Waals surface area (Å²) in [5, 5.41) is 0. The maximum atomic E-state index is 12.7. The minimum absolute atomic E-state index is 0.0227. The van der Waals surface area contributed by atoms with Gasteiger partial charge < -0.3 is 9.15 Å². The van der Waals surface area contributed by atoms with Gasteiger partial charge in [0.1, 0.15) is 6.61 Å². The molecular formula is C17H22O3. The highest BCUT2D eigenvalue weighted by atomic mass is 16.5. The number of furan rings is 1. The lowest BCUT2D eigenvalue weighted by Gasteiger charge is -2.55. The minimum atomic E-state index is -0.0227. The van der Waals surface area contributed by atoms with E-state index in [0.717, 1.165) is 42.6 Å². The first kappa shape index (κ1) is 12.6. The maximum Gasteiger partial charge on any atom is 0.164 e. The highest BCUT2D eigenvalue weighted by Gasteiger charge is 2.54. The summed E-state index contributed by atoms with van der Waals surface area (Å²) in [5.41, 5.74) is 0.980. The van der Waals surface area contributed by atoms with E-state index in [1.807, 2.05) is 6.07 Å². The van der Waals surface area contributed by atoms with Crippen molar-refractivity contribution in [1.82, 2.24) is 0 Å². The Kier molecular flexibility index (Phi) is 2.99. The smallest absolute Gasteiger partial charge is 0.164 e. The zero-order chi connectivity index (χ0) is 13.6. The molecule has 5 rings (SSSR count). The van der Waals surface area contributed by atoms with E-state index in [1.54, 1.807) is 12.5 Å². The van der Waals surface area contributed by atoms with Crippen molar-refractivity contribution in [1.29, 1.82) is 0 Å². The summed E-state index contributed by atoms with van der Waals surface area (Å²) >= 11 is 0. The van der Waals surface area contributed by atoms with Crippen LogP contribution in [-0.4, -0.2) is 12.4 Å². The number of ketones is 1. The van der Waals surface area contributed by atoms with Crippen LogP contribution in [0.25, 0.3) is 0 Å². The van der Waals surface area contributed by atoms with Crippen LogP contribution in [0.4, 0.5) is 0 Å². The van der Waals surface area contributed by atoms with E-state index in [1.165, 1.54) is 19.3 Å². The summed E-state index contributed by atoms with van der Waals surface area (Å²) in [6, 6.07) is 1.88. The number of Topliss-reactive ketones (excluding diaryl/α,β-unsaturated/α-hetero) is 1. The summed E-state index contributed by atoms with van der Waals surface area (Å²) < 4.78 is 10.6. The van der Waals surface area contributed by atoms with Gasteiger partial charge in [-0.15, -0.1) is 0 Å². The number of hydrogen-bond acceptors (Lipinski definition) is 3. The Balaban J connectivity index is 1.38. The highest BCUT2D eigenvalue weighted by molar-refractivity contribution is 5.86. The lowest BCUT2D eigenvalue weighted by atomic mass is 9.48. The molecule has 0 aromatic carbocycles. The molecule has 1 aromatic rings. The number of ether oxygens (including phenoxy) is 1. The van der Waals surface area contributed by atoms with Gasteiger partial charge in [0, 0.05) is 11.0 Å². The average molecular weight is 274 g/mol. The largest absolute Gasteiger partial charge is 0.472 e. The van der Waals surface area contributed by atoms with E-state index in [0.29, 0.717) is 12.4 Å². The molecule has 3 heteroatoms. The molecule has 1 heterocycles. The predicted molar refractivity (Wildman–Crippen MR) is 74.0 cm³/mol. The first-order chi connectivity index (χ1) is 9.73. The fraction of sp³-hybridized carbons (Fsp3) is 0.706. The summed E-state index contributed by atoms with van der Waals surface area (Å²) in [7, 11) is 0. The first-order valence-corrected chi connectivity index (χ1v) is 7.86. The third-order valence-corrected chi connectivity index (χ3v) is 5.71. The van der Waals surface area contributed by atoms with Crippen molar-refractivity contribution in [2.75, 3.05) is 6.61 Å². The highest BCUT2D eigenvalue weighted by Crippen LogP contribution is 2.60. The van der Waals surface area contributed by atoms with Gasteiger partial charge in [-0.1, -0.05) is 0 Å². The van der Waals surface area contributed by atoms with Crippen molar-refractivity contribution in [2.45, 2.75) is 45.1 Å². The number of carbonyl (C=O) groups is 1. The van der Waals surface area contributed by atoms with Crippen molar-refractivity contribution >= 4 is 5.78 Å². The van der Waals surface area contributed by atoms with Gasteiger partial charge in [0.25, 0.3) is 0 Å². The SMILES string of the molecule is O=C(COCc1ccoc1)C12CC3CC(CC(C3)C1)C2. The van der Waals surface area contributed by atoms with Crippen LogP contribution < -0.4 is 0 Å². The zero-order valence-corrected chi connectivity index (χ0v) is 11.8. The second kappa shape index (κ2) is 4.73. The maximum absolute atomic E-state index is 12.7. The van der Waals surface area contributed by atoms with Gasteiger partial charge >= 0.3 is 0 Å². The Morgan fingerprint density at radius 1 is 1.20 bits per heavy atom. The molecule has 0 spiro atoms. The molecule has 0 saturated heterocycles. The molecule has 0 aliphatic heterocycles. The second-order valence-electron chi connectivity index (χ2n) is 7.25. The molecule has 0 atom stereocenters. The molecule has 20 heavy (non-hydrogen) atoms. The normalized spacial score (nSPS) is 38.3. The molecule has 0 unspecified atom stereocenters. The summed E-state index contributed by atoms with van der Waals surface area (Å²) in [4.78, 5) is 12.7. The summed E-state index contributed by atoms with van der Waals surface area (Å²) in [5.74, 6) is 2.82. The lowest BCUT2D eigenvalue weighted by Crippen LogP contribution is -2.51. The quantitative estimate of drug-likeness (QED) is 0.824. The van der Waals surface area contributed by atoms with Gasteiger partial charge in [0.2, 0.25) is 0 Å². The molecular weight excluding hydrogens is 252 g/mol. The average Bonchev–Trinajstić information content (AvgIpc) is 2.90. The van der Waals surface area contributed by atoms with E-state index in [-0.39, 0.29) is 12.0 Å². The molecule has 4 aliphatic carbocycles. The van der Waals surface area contributed by atoms with Crippen molar-refractivity contribution < 1.29 is 13.9 Å². The van der Waals surface area contributed by atoms with E-state index in [2.05, 4.69) is 0 Å². The van der Waals surface area contributed by atoms with Crippen LogP contribution in [-0.2, 0) is 16.1 Å². The Morgan fingerprint density at radius 3 is 2.40 bits per heavy atom. The molecule has 4 fully saturated rings. The standard InChI is InChI=1S/C17H22O3/c18-16(11-20-10-12-1-2-19-9-12)17-6-13-3-14(7-17)5-15(4-13)8-17/h1-2,9,13-15H,3-8,10-11H2. The summed E-state index contributed by atoms with van der Waals surface area (Å²) in [6.07, 6.45) is 10.8. The van der Waals surface area contributed by atoms with Crippen LogP contribution >= 0.6 is 0 Å². The predicted octanol–water partition coefficient (Wildman–Crippen LogP) is 3.58. The first-order valence-electron chi connectivity index (χ1n) is 7.86. The molecule has 4 saturated carbocycles. The van der Waals surface area contributed by atoms with Crippen molar-refractivity contribution in [3.8, 4) is 0 Å². The van der Waals surface area contributed by atoms with Gasteiger partial charge in [-0.05, 0) is 62.3 Å². The fourth-order valence-corrected chi connectivity index (χ4v) is 5.24. The molecule has 4 aliphatic rings. The Morgan fingerprint density at radius 2 is 1.85 bits per heavy atom. The van der Waals surface area contributed by atoms with Gasteiger partial charge in [0.05, 0.1) is 19.1 Å². The number of carbonyl (C=O) groups excluding carboxylic acids is 1. The molecule has 0 radical (unpaired) electrons. The Bertz CT molecular complexity index is 453. The molecule has 0 N–H and O–H groups in total. The third-order valence-electron chi connectivity index (χ3n) is 5.71. The third kappa shape index (κ3) is 2.12. The van der Waals surface area contributed by atoms with Crippen LogP contribution in [0.1, 0.15) is 44.1 Å². The minimum Gasteiger partial charge on any atom is -0.472 e. The topological polar surface area (TPSA) is 39.4 Å². The van der Waals surface area contributed by atoms with Gasteiger partial charge in [-0.3, -0.25) is 4.79 Å². The van der Waals surface area contributed by atoms with Crippen molar-refractivity contribution in [3.63, 3.8) is 0 Å². The Labute approximate surface area is 119 Å². The van der Waals surface area contributed by atoms with Crippen LogP contribution in [0.15, 0.2) is 23.0 Å². The van der Waals surface area contributed by atoms with Crippen LogP contribution in [0, 0.1) is 23.2 Å². The Hall–Kier alpha value is -1.09. The monoisotopic (exact) mass is 274 g/mol. The van der Waals surface area contributed by atoms with Gasteiger partial charge in [-0.25, -0.2) is 0 Å². The fourth-order valence-electron chi connectivity index (χ4n) is 5.24. The molecule has 1 aromatic heterocycles. The number of hydrogen-bond donors (Lipinski definition) is 0. The van der Waals surface area contributed by atoms with Crippen molar-refractivity contribution in [3.05, 3.63) is 24.2 Å². The summed E-state index contributed by atoms with van der Waals surface area (Å²) in [6.45, 7) is 0.756.